The SMILES string of the molecule is CC(Nc1cc(=O)n(C)c2ccc(Nc3nc(N4CCc5cnn(C)c5C4)ncc3Cl)cc12)c1ncccn1. The second-order valence-corrected chi connectivity index (χ2v) is 9.97. The maximum Gasteiger partial charge on any atom is 0.252 e. The van der Waals surface area contributed by atoms with E-state index in [1.165, 1.54) is 5.56 Å². The van der Waals surface area contributed by atoms with Crippen molar-refractivity contribution in [3.05, 3.63) is 87.6 Å². The molecule has 0 saturated carbocycles. The van der Waals surface area contributed by atoms with Gasteiger partial charge in [0.25, 0.3) is 5.56 Å². The third-order valence-electron chi connectivity index (χ3n) is 7.01. The van der Waals surface area contributed by atoms with Gasteiger partial charge in [-0.3, -0.25) is 9.48 Å². The number of rotatable bonds is 6. The van der Waals surface area contributed by atoms with E-state index in [4.69, 9.17) is 16.6 Å². The number of aryl methyl sites for hydroxylation is 2. The monoisotopic (exact) mass is 542 g/mol. The van der Waals surface area contributed by atoms with E-state index in [1.807, 2.05) is 43.0 Å². The van der Waals surface area contributed by atoms with Crippen LogP contribution in [-0.2, 0) is 27.1 Å². The highest BCUT2D eigenvalue weighted by Gasteiger charge is 2.22. The van der Waals surface area contributed by atoms with E-state index in [1.54, 1.807) is 42.3 Å². The summed E-state index contributed by atoms with van der Waals surface area (Å²) in [4.78, 5) is 32.7. The van der Waals surface area contributed by atoms with E-state index in [2.05, 4.69) is 35.6 Å². The zero-order chi connectivity index (χ0) is 27.1. The number of halogens is 1. The summed E-state index contributed by atoms with van der Waals surface area (Å²) < 4.78 is 3.52. The summed E-state index contributed by atoms with van der Waals surface area (Å²) in [5.41, 5.74) is 4.53. The standard InChI is InChI=1S/C27H27ClN10O/c1-16(25-29-8-4-9-30-25)33-21-12-24(39)36(2)22-6-5-18(11-19(21)22)34-26-20(28)14-31-27(35-26)38-10-7-17-13-32-37(3)23(17)15-38/h4-6,8-9,11-14,16,33H,7,10,15H2,1-3H3,(H,31,34,35). The molecule has 0 aliphatic carbocycles. The number of anilines is 4. The number of benzene rings is 1. The Hall–Kier alpha value is -4.51. The molecule has 11 nitrogen and oxygen atoms in total. The molecule has 1 aliphatic rings. The van der Waals surface area contributed by atoms with Gasteiger partial charge < -0.3 is 20.1 Å². The summed E-state index contributed by atoms with van der Waals surface area (Å²) >= 11 is 6.51. The highest BCUT2D eigenvalue weighted by atomic mass is 35.5. The zero-order valence-corrected chi connectivity index (χ0v) is 22.5. The van der Waals surface area contributed by atoms with Gasteiger partial charge in [-0.15, -0.1) is 0 Å². The first-order valence-electron chi connectivity index (χ1n) is 12.6. The minimum atomic E-state index is -0.207. The van der Waals surface area contributed by atoms with Crippen LogP contribution in [0, 0.1) is 0 Å². The summed E-state index contributed by atoms with van der Waals surface area (Å²) in [6.07, 6.45) is 7.82. The van der Waals surface area contributed by atoms with E-state index >= 15 is 0 Å². The van der Waals surface area contributed by atoms with Crippen LogP contribution in [0.25, 0.3) is 10.9 Å². The molecule has 6 rings (SSSR count). The Morgan fingerprint density at radius 1 is 1.08 bits per heavy atom. The quantitative estimate of drug-likeness (QED) is 0.328. The number of fused-ring (bicyclic) bond motifs is 2. The van der Waals surface area contributed by atoms with E-state index in [0.717, 1.165) is 35.2 Å². The first-order chi connectivity index (χ1) is 18.9. The van der Waals surface area contributed by atoms with Crippen LogP contribution in [-0.4, -0.2) is 40.8 Å². The normalized spacial score (nSPS) is 13.8. The van der Waals surface area contributed by atoms with Gasteiger partial charge in [-0.05, 0) is 43.2 Å². The van der Waals surface area contributed by atoms with E-state index < -0.39 is 0 Å². The Morgan fingerprint density at radius 3 is 2.72 bits per heavy atom. The Balaban J connectivity index is 1.31. The van der Waals surface area contributed by atoms with Crippen molar-refractivity contribution in [3.8, 4) is 0 Å². The third-order valence-corrected chi connectivity index (χ3v) is 7.28. The second kappa shape index (κ2) is 9.99. The van der Waals surface area contributed by atoms with Crippen LogP contribution in [0.4, 0.5) is 23.1 Å². The van der Waals surface area contributed by atoms with Crippen LogP contribution in [0.5, 0.6) is 0 Å². The molecular formula is C27H27ClN10O. The Bertz CT molecular complexity index is 1730. The molecule has 0 saturated heterocycles. The Labute approximate surface area is 229 Å². The maximum absolute atomic E-state index is 12.7. The minimum absolute atomic E-state index is 0.117. The molecule has 0 amide bonds. The molecular weight excluding hydrogens is 516 g/mol. The zero-order valence-electron chi connectivity index (χ0n) is 21.8. The van der Waals surface area contributed by atoms with Crippen LogP contribution in [0.2, 0.25) is 5.02 Å². The predicted molar refractivity (Wildman–Crippen MR) is 152 cm³/mol. The lowest BCUT2D eigenvalue weighted by Crippen LogP contribution is -2.32. The van der Waals surface area contributed by atoms with Crippen molar-refractivity contribution < 1.29 is 0 Å². The van der Waals surface area contributed by atoms with Crippen LogP contribution < -0.4 is 21.1 Å². The lowest BCUT2D eigenvalue weighted by atomic mass is 10.1. The molecule has 1 unspecified atom stereocenters. The summed E-state index contributed by atoms with van der Waals surface area (Å²) in [7, 11) is 3.70. The first kappa shape index (κ1) is 24.8. The molecule has 0 radical (unpaired) electrons. The predicted octanol–water partition coefficient (Wildman–Crippen LogP) is 3.98. The maximum atomic E-state index is 12.7. The lowest BCUT2D eigenvalue weighted by molar-refractivity contribution is 0.639. The van der Waals surface area contributed by atoms with Crippen LogP contribution >= 0.6 is 11.6 Å². The molecule has 0 fully saturated rings. The van der Waals surface area contributed by atoms with E-state index in [9.17, 15) is 4.79 Å². The van der Waals surface area contributed by atoms with Gasteiger partial charge in [0.1, 0.15) is 10.8 Å². The van der Waals surface area contributed by atoms with Gasteiger partial charge in [-0.1, -0.05) is 11.6 Å². The number of hydrogen-bond donors (Lipinski definition) is 2. The van der Waals surface area contributed by atoms with Gasteiger partial charge >= 0.3 is 0 Å². The van der Waals surface area contributed by atoms with Crippen molar-refractivity contribution in [2.75, 3.05) is 22.1 Å². The Kier molecular flexibility index (Phi) is 6.35. The fourth-order valence-corrected chi connectivity index (χ4v) is 4.97. The molecule has 0 spiro atoms. The molecule has 1 aromatic carbocycles. The number of aromatic nitrogens is 7. The second-order valence-electron chi connectivity index (χ2n) is 9.56. The van der Waals surface area contributed by atoms with Gasteiger partial charge in [0.05, 0.1) is 36.2 Å². The first-order valence-corrected chi connectivity index (χ1v) is 13.0. The fraction of sp³-hybridized carbons (Fsp3) is 0.259. The van der Waals surface area contributed by atoms with Gasteiger partial charge in [-0.25, -0.2) is 15.0 Å². The van der Waals surface area contributed by atoms with Crippen molar-refractivity contribution in [3.63, 3.8) is 0 Å². The van der Waals surface area contributed by atoms with E-state index in [-0.39, 0.29) is 11.6 Å². The highest BCUT2D eigenvalue weighted by molar-refractivity contribution is 6.32. The van der Waals surface area contributed by atoms with Crippen molar-refractivity contribution in [1.29, 1.82) is 0 Å². The van der Waals surface area contributed by atoms with Crippen molar-refractivity contribution in [1.82, 2.24) is 34.3 Å². The van der Waals surface area contributed by atoms with Gasteiger partial charge in [0.2, 0.25) is 5.95 Å². The molecule has 39 heavy (non-hydrogen) atoms. The van der Waals surface area contributed by atoms with Crippen molar-refractivity contribution in [2.45, 2.75) is 25.9 Å². The lowest BCUT2D eigenvalue weighted by Gasteiger charge is -2.27. The molecule has 5 aromatic rings. The Morgan fingerprint density at radius 2 is 1.90 bits per heavy atom. The summed E-state index contributed by atoms with van der Waals surface area (Å²) in [5.74, 6) is 1.73. The van der Waals surface area contributed by atoms with E-state index in [0.29, 0.717) is 34.8 Å². The summed E-state index contributed by atoms with van der Waals surface area (Å²) in [6, 6.07) is 8.92. The molecule has 0 bridgehead atoms. The molecule has 1 atom stereocenters. The number of nitrogens with zero attached hydrogens (tertiary/aromatic N) is 8. The summed E-state index contributed by atoms with van der Waals surface area (Å²) in [6.45, 7) is 3.43. The molecule has 5 heterocycles. The third kappa shape index (κ3) is 4.76. The average Bonchev–Trinajstić information content (AvgIpc) is 3.33. The molecule has 4 aromatic heterocycles. The van der Waals surface area contributed by atoms with Crippen LogP contribution in [0.15, 0.2) is 59.9 Å². The fourth-order valence-electron chi connectivity index (χ4n) is 4.83. The largest absolute Gasteiger partial charge is 0.375 e. The van der Waals surface area contributed by atoms with Crippen LogP contribution in [0.1, 0.15) is 30.0 Å². The smallest absolute Gasteiger partial charge is 0.252 e. The molecule has 2 N–H and O–H groups in total. The van der Waals surface area contributed by atoms with Crippen molar-refractivity contribution in [2.24, 2.45) is 14.1 Å². The number of hydrogen-bond acceptors (Lipinski definition) is 9. The molecule has 1 aliphatic heterocycles. The van der Waals surface area contributed by atoms with Gasteiger partial charge in [0, 0.05) is 55.9 Å². The van der Waals surface area contributed by atoms with Gasteiger partial charge in [0.15, 0.2) is 5.82 Å². The summed E-state index contributed by atoms with van der Waals surface area (Å²) in [5, 5.41) is 12.4. The van der Waals surface area contributed by atoms with Crippen molar-refractivity contribution >= 4 is 45.6 Å². The number of nitrogens with one attached hydrogen (secondary N) is 2. The molecule has 198 valence electrons. The number of pyridine rings is 1. The minimum Gasteiger partial charge on any atom is -0.375 e. The average molecular weight is 543 g/mol. The molecule has 12 heteroatoms. The highest BCUT2D eigenvalue weighted by Crippen LogP contribution is 2.31. The topological polar surface area (TPSA) is 119 Å². The van der Waals surface area contributed by atoms with Crippen LogP contribution in [0.3, 0.4) is 0 Å². The van der Waals surface area contributed by atoms with Gasteiger partial charge in [-0.2, -0.15) is 10.1 Å².